The van der Waals surface area contributed by atoms with Gasteiger partial charge in [-0.25, -0.2) is 4.39 Å². The average molecular weight is 369 g/mol. The molecule has 0 unspecified atom stereocenters. The van der Waals surface area contributed by atoms with Crippen molar-refractivity contribution in [2.45, 2.75) is 32.4 Å². The molecule has 3 N–H and O–H groups in total. The Kier molecular flexibility index (Phi) is 6.19. The zero-order valence-electron chi connectivity index (χ0n) is 15.3. The van der Waals surface area contributed by atoms with Crippen LogP contribution in [0.5, 0.6) is 0 Å². The molecule has 0 aliphatic carbocycles. The lowest BCUT2D eigenvalue weighted by atomic mass is 9.92. The predicted octanol–water partition coefficient (Wildman–Crippen LogP) is 3.08. The molecule has 27 heavy (non-hydrogen) atoms. The van der Waals surface area contributed by atoms with E-state index in [1.54, 1.807) is 12.1 Å². The van der Waals surface area contributed by atoms with Gasteiger partial charge in [0.1, 0.15) is 5.82 Å². The Balaban J connectivity index is 1.51. The summed E-state index contributed by atoms with van der Waals surface area (Å²) in [6.07, 6.45) is 1.72. The molecule has 2 aromatic rings. The van der Waals surface area contributed by atoms with Gasteiger partial charge in [-0.15, -0.1) is 0 Å². The molecule has 0 aromatic heterocycles. The summed E-state index contributed by atoms with van der Waals surface area (Å²) in [5, 5.41) is 9.04. The van der Waals surface area contributed by atoms with Crippen molar-refractivity contribution >= 4 is 17.5 Å². The number of rotatable bonds is 5. The second-order valence-corrected chi connectivity index (χ2v) is 6.95. The molecule has 0 radical (unpaired) electrons. The van der Waals surface area contributed by atoms with E-state index < -0.39 is 0 Å². The minimum atomic E-state index is -0.349. The second kappa shape index (κ2) is 8.77. The summed E-state index contributed by atoms with van der Waals surface area (Å²) in [7, 11) is 0. The van der Waals surface area contributed by atoms with Gasteiger partial charge in [0, 0.05) is 29.8 Å². The number of nitrogens with one attached hydrogen (secondary N) is 3. The predicted molar refractivity (Wildman–Crippen MR) is 103 cm³/mol. The SMILES string of the molecule is C[C@H]1C[C@@H](C(=O)NCc2ccc(C(=O)Nc3ccc(F)cc3)cc2)CCN1. The normalized spacial score (nSPS) is 19.3. The van der Waals surface area contributed by atoms with Crippen LogP contribution in [-0.2, 0) is 11.3 Å². The van der Waals surface area contributed by atoms with E-state index in [1.165, 1.54) is 24.3 Å². The van der Waals surface area contributed by atoms with Crippen LogP contribution < -0.4 is 16.0 Å². The van der Waals surface area contributed by atoms with Gasteiger partial charge in [-0.05, 0) is 68.3 Å². The average Bonchev–Trinajstić information content (AvgIpc) is 2.68. The lowest BCUT2D eigenvalue weighted by Crippen LogP contribution is -2.42. The van der Waals surface area contributed by atoms with E-state index in [0.29, 0.717) is 23.8 Å². The van der Waals surface area contributed by atoms with E-state index in [4.69, 9.17) is 0 Å². The van der Waals surface area contributed by atoms with Crippen molar-refractivity contribution in [3.63, 3.8) is 0 Å². The van der Waals surface area contributed by atoms with Gasteiger partial charge < -0.3 is 16.0 Å². The van der Waals surface area contributed by atoms with Crippen LogP contribution in [-0.4, -0.2) is 24.4 Å². The first-order chi connectivity index (χ1) is 13.0. The number of piperidine rings is 1. The van der Waals surface area contributed by atoms with Gasteiger partial charge in [-0.2, -0.15) is 0 Å². The molecular weight excluding hydrogens is 345 g/mol. The quantitative estimate of drug-likeness (QED) is 0.759. The van der Waals surface area contributed by atoms with E-state index in [2.05, 4.69) is 22.9 Å². The highest BCUT2D eigenvalue weighted by Gasteiger charge is 2.24. The summed E-state index contributed by atoms with van der Waals surface area (Å²) >= 11 is 0. The monoisotopic (exact) mass is 369 g/mol. The van der Waals surface area contributed by atoms with Gasteiger partial charge in [0.05, 0.1) is 0 Å². The van der Waals surface area contributed by atoms with Crippen molar-refractivity contribution in [2.24, 2.45) is 5.92 Å². The first-order valence-electron chi connectivity index (χ1n) is 9.18. The Morgan fingerprint density at radius 3 is 2.48 bits per heavy atom. The molecule has 1 fully saturated rings. The molecule has 5 nitrogen and oxygen atoms in total. The Labute approximate surface area is 158 Å². The highest BCUT2D eigenvalue weighted by Crippen LogP contribution is 2.16. The van der Waals surface area contributed by atoms with Crippen molar-refractivity contribution in [1.29, 1.82) is 0 Å². The lowest BCUT2D eigenvalue weighted by molar-refractivity contribution is -0.126. The summed E-state index contributed by atoms with van der Waals surface area (Å²) in [5.41, 5.74) is 1.97. The topological polar surface area (TPSA) is 70.2 Å². The fraction of sp³-hybridized carbons (Fsp3) is 0.333. The number of halogens is 1. The van der Waals surface area contributed by atoms with E-state index in [9.17, 15) is 14.0 Å². The fourth-order valence-corrected chi connectivity index (χ4v) is 3.21. The van der Waals surface area contributed by atoms with Gasteiger partial charge in [-0.3, -0.25) is 9.59 Å². The third-order valence-corrected chi connectivity index (χ3v) is 4.78. The molecule has 142 valence electrons. The Bertz CT molecular complexity index is 790. The molecule has 2 atom stereocenters. The van der Waals surface area contributed by atoms with Crippen molar-refractivity contribution in [1.82, 2.24) is 10.6 Å². The standard InChI is InChI=1S/C21H24FN3O2/c1-14-12-17(10-11-23-14)20(26)24-13-15-2-4-16(5-3-15)21(27)25-19-8-6-18(22)7-9-19/h2-9,14,17,23H,10-13H2,1H3,(H,24,26)(H,25,27)/t14-,17-/m0/s1. The van der Waals surface area contributed by atoms with E-state index in [0.717, 1.165) is 24.9 Å². The number of hydrogen-bond donors (Lipinski definition) is 3. The Hall–Kier alpha value is -2.73. The molecule has 2 aromatic carbocycles. The van der Waals surface area contributed by atoms with Crippen LogP contribution in [0.15, 0.2) is 48.5 Å². The molecule has 0 spiro atoms. The third-order valence-electron chi connectivity index (χ3n) is 4.78. The molecule has 0 bridgehead atoms. The van der Waals surface area contributed by atoms with E-state index in [1.807, 2.05) is 12.1 Å². The molecular formula is C21H24FN3O2. The Morgan fingerprint density at radius 1 is 1.11 bits per heavy atom. The number of benzene rings is 2. The van der Waals surface area contributed by atoms with E-state index in [-0.39, 0.29) is 23.5 Å². The number of carbonyl (C=O) groups is 2. The van der Waals surface area contributed by atoms with Crippen LogP contribution in [0.4, 0.5) is 10.1 Å². The highest BCUT2D eigenvalue weighted by molar-refractivity contribution is 6.04. The van der Waals surface area contributed by atoms with Gasteiger partial charge >= 0.3 is 0 Å². The number of amides is 2. The molecule has 1 aliphatic rings. The zero-order chi connectivity index (χ0) is 19.2. The summed E-state index contributed by atoms with van der Waals surface area (Å²) in [4.78, 5) is 24.5. The first kappa shape index (κ1) is 19.0. The maximum atomic E-state index is 12.9. The Morgan fingerprint density at radius 2 is 1.81 bits per heavy atom. The maximum Gasteiger partial charge on any atom is 0.255 e. The van der Waals surface area contributed by atoms with Crippen molar-refractivity contribution in [3.05, 3.63) is 65.5 Å². The fourth-order valence-electron chi connectivity index (χ4n) is 3.21. The largest absolute Gasteiger partial charge is 0.352 e. The highest BCUT2D eigenvalue weighted by atomic mass is 19.1. The molecule has 3 rings (SSSR count). The van der Waals surface area contributed by atoms with Gasteiger partial charge in [0.15, 0.2) is 0 Å². The minimum absolute atomic E-state index is 0.0574. The van der Waals surface area contributed by atoms with Crippen LogP contribution in [0.25, 0.3) is 0 Å². The molecule has 6 heteroatoms. The van der Waals surface area contributed by atoms with Crippen LogP contribution in [0, 0.1) is 11.7 Å². The lowest BCUT2D eigenvalue weighted by Gasteiger charge is -2.27. The number of hydrogen-bond acceptors (Lipinski definition) is 3. The summed E-state index contributed by atoms with van der Waals surface area (Å²) in [5.74, 6) is -0.470. The number of carbonyl (C=O) groups excluding carboxylic acids is 2. The van der Waals surface area contributed by atoms with Crippen molar-refractivity contribution in [2.75, 3.05) is 11.9 Å². The van der Waals surface area contributed by atoms with Crippen LogP contribution in [0.2, 0.25) is 0 Å². The van der Waals surface area contributed by atoms with E-state index >= 15 is 0 Å². The van der Waals surface area contributed by atoms with Gasteiger partial charge in [0.2, 0.25) is 5.91 Å². The summed E-state index contributed by atoms with van der Waals surface area (Å²) in [6.45, 7) is 3.41. The smallest absolute Gasteiger partial charge is 0.255 e. The van der Waals surface area contributed by atoms with Gasteiger partial charge in [-0.1, -0.05) is 12.1 Å². The van der Waals surface area contributed by atoms with Crippen LogP contribution in [0.1, 0.15) is 35.7 Å². The number of anilines is 1. The first-order valence-corrected chi connectivity index (χ1v) is 9.18. The molecule has 0 saturated carbocycles. The second-order valence-electron chi connectivity index (χ2n) is 6.95. The zero-order valence-corrected chi connectivity index (χ0v) is 15.3. The molecule has 2 amide bonds. The van der Waals surface area contributed by atoms with Crippen LogP contribution in [0.3, 0.4) is 0 Å². The summed E-state index contributed by atoms with van der Waals surface area (Å²) in [6, 6.07) is 13.1. The summed E-state index contributed by atoms with van der Waals surface area (Å²) < 4.78 is 12.9. The van der Waals surface area contributed by atoms with Crippen molar-refractivity contribution in [3.8, 4) is 0 Å². The maximum absolute atomic E-state index is 12.9. The van der Waals surface area contributed by atoms with Crippen LogP contribution >= 0.6 is 0 Å². The molecule has 1 saturated heterocycles. The minimum Gasteiger partial charge on any atom is -0.352 e. The van der Waals surface area contributed by atoms with Crippen molar-refractivity contribution < 1.29 is 14.0 Å². The van der Waals surface area contributed by atoms with Gasteiger partial charge in [0.25, 0.3) is 5.91 Å². The third kappa shape index (κ3) is 5.37. The molecule has 1 heterocycles. The molecule has 1 aliphatic heterocycles.